The van der Waals surface area contributed by atoms with Crippen molar-refractivity contribution in [2.24, 2.45) is 11.3 Å². The summed E-state index contributed by atoms with van der Waals surface area (Å²) in [6.45, 7) is 7.64. The van der Waals surface area contributed by atoms with Gasteiger partial charge in [-0.2, -0.15) is 0 Å². The normalized spacial score (nSPS) is 51.1. The average Bonchev–Trinajstić information content (AvgIpc) is 3.15. The van der Waals surface area contributed by atoms with E-state index in [1.807, 2.05) is 19.9 Å². The second-order valence-electron chi connectivity index (χ2n) is 6.04. The smallest absolute Gasteiger partial charge is 0.148 e. The minimum absolute atomic E-state index is 0.0189. The van der Waals surface area contributed by atoms with Crippen molar-refractivity contribution in [1.82, 2.24) is 0 Å². The number of aliphatic hydroxyl groups excluding tert-OH is 3. The van der Waals surface area contributed by atoms with Crippen molar-refractivity contribution in [2.75, 3.05) is 6.61 Å². The summed E-state index contributed by atoms with van der Waals surface area (Å²) in [6, 6.07) is 0. The van der Waals surface area contributed by atoms with Crippen molar-refractivity contribution in [3.05, 3.63) is 36.0 Å². The average molecular weight is 264 g/mol. The molecule has 0 aromatic rings. The lowest BCUT2D eigenvalue weighted by molar-refractivity contribution is 0.0605. The van der Waals surface area contributed by atoms with Crippen LogP contribution in [0.4, 0.5) is 0 Å². The number of allylic oxidation sites excluding steroid dienone is 1. The van der Waals surface area contributed by atoms with E-state index in [9.17, 15) is 15.3 Å². The van der Waals surface area contributed by atoms with Gasteiger partial charge in [-0.1, -0.05) is 32.6 Å². The first-order valence-electron chi connectivity index (χ1n) is 6.62. The van der Waals surface area contributed by atoms with Gasteiger partial charge in [-0.3, -0.25) is 0 Å². The fraction of sp³-hybridized carbons (Fsp3) is 0.600. The molecule has 1 heterocycles. The summed E-state index contributed by atoms with van der Waals surface area (Å²) >= 11 is 0. The number of hydrogen-bond donors (Lipinski definition) is 3. The van der Waals surface area contributed by atoms with Crippen LogP contribution in [0.5, 0.6) is 0 Å². The molecule has 3 N–H and O–H groups in total. The van der Waals surface area contributed by atoms with Crippen LogP contribution < -0.4 is 0 Å². The highest BCUT2D eigenvalue weighted by atomic mass is 16.6. The van der Waals surface area contributed by atoms with Gasteiger partial charge >= 0.3 is 0 Å². The van der Waals surface area contributed by atoms with Gasteiger partial charge in [0, 0.05) is 5.41 Å². The molecule has 3 rings (SSSR count). The van der Waals surface area contributed by atoms with Gasteiger partial charge < -0.3 is 20.1 Å². The minimum Gasteiger partial charge on any atom is -0.392 e. The van der Waals surface area contributed by atoms with Crippen molar-refractivity contribution in [2.45, 2.75) is 37.8 Å². The van der Waals surface area contributed by atoms with E-state index in [0.717, 1.165) is 5.57 Å². The lowest BCUT2D eigenvalue weighted by Gasteiger charge is -2.44. The topological polar surface area (TPSA) is 73.2 Å². The van der Waals surface area contributed by atoms with E-state index in [0.29, 0.717) is 5.57 Å². The molecule has 0 amide bonds. The van der Waals surface area contributed by atoms with Crippen molar-refractivity contribution >= 4 is 0 Å². The van der Waals surface area contributed by atoms with E-state index in [4.69, 9.17) is 4.74 Å². The molecule has 3 aliphatic rings. The molecule has 0 bridgehead atoms. The molecule has 1 fully saturated rings. The maximum Gasteiger partial charge on any atom is 0.148 e. The predicted octanol–water partition coefficient (Wildman–Crippen LogP) is 0.546. The van der Waals surface area contributed by atoms with E-state index in [-0.39, 0.29) is 24.0 Å². The zero-order valence-electron chi connectivity index (χ0n) is 11.2. The van der Waals surface area contributed by atoms with E-state index in [1.54, 1.807) is 12.2 Å². The zero-order valence-corrected chi connectivity index (χ0v) is 11.2. The summed E-state index contributed by atoms with van der Waals surface area (Å²) in [4.78, 5) is 0. The van der Waals surface area contributed by atoms with Gasteiger partial charge in [-0.05, 0) is 23.1 Å². The van der Waals surface area contributed by atoms with Crippen molar-refractivity contribution < 1.29 is 20.1 Å². The molecule has 0 aromatic carbocycles. The quantitative estimate of drug-likeness (QED) is 0.503. The molecule has 6 atom stereocenters. The van der Waals surface area contributed by atoms with Gasteiger partial charge in [0.05, 0.1) is 12.7 Å². The standard InChI is InChI=1S/C15H20O4/c1-8(7-16)15-12(18)6-10-4-5-11(17)9(2)14(10,3)13(15)19-15/h4-6,9,11-13,16-18H,1,7H2,2-3H3/t9-,11-,12-,13+,14+,15-/m0/s1. The lowest BCUT2D eigenvalue weighted by atomic mass is 9.58. The molecule has 0 unspecified atom stereocenters. The van der Waals surface area contributed by atoms with Gasteiger partial charge in [0.15, 0.2) is 0 Å². The third-order valence-electron chi connectivity index (χ3n) is 5.26. The number of rotatable bonds is 2. The SMILES string of the molecule is C=C(CO)[C@@]12O[C@@H]1[C@@]1(C)C(=C[C@@H]2O)C=C[C@H](O)[C@@H]1C. The Morgan fingerprint density at radius 1 is 1.47 bits per heavy atom. The molecule has 2 aliphatic carbocycles. The molecule has 104 valence electrons. The molecular weight excluding hydrogens is 244 g/mol. The fourth-order valence-corrected chi connectivity index (χ4v) is 3.64. The molecule has 1 aliphatic heterocycles. The monoisotopic (exact) mass is 264 g/mol. The third-order valence-corrected chi connectivity index (χ3v) is 5.26. The molecule has 19 heavy (non-hydrogen) atoms. The Labute approximate surface area is 112 Å². The summed E-state index contributed by atoms with van der Waals surface area (Å²) in [5.41, 5.74) is 0.233. The molecule has 0 saturated carbocycles. The van der Waals surface area contributed by atoms with Gasteiger partial charge in [0.25, 0.3) is 0 Å². The van der Waals surface area contributed by atoms with Crippen LogP contribution in [-0.4, -0.2) is 45.8 Å². The van der Waals surface area contributed by atoms with Gasteiger partial charge in [-0.15, -0.1) is 0 Å². The van der Waals surface area contributed by atoms with E-state index in [1.165, 1.54) is 0 Å². The maximum absolute atomic E-state index is 10.3. The van der Waals surface area contributed by atoms with Gasteiger partial charge in [0.2, 0.25) is 0 Å². The first-order chi connectivity index (χ1) is 8.88. The number of aliphatic hydroxyl groups is 3. The van der Waals surface area contributed by atoms with Crippen molar-refractivity contribution in [1.29, 1.82) is 0 Å². The first kappa shape index (κ1) is 13.1. The van der Waals surface area contributed by atoms with Crippen LogP contribution in [0.25, 0.3) is 0 Å². The van der Waals surface area contributed by atoms with Crippen LogP contribution in [0.15, 0.2) is 36.0 Å². The lowest BCUT2D eigenvalue weighted by Crippen LogP contribution is -2.50. The summed E-state index contributed by atoms with van der Waals surface area (Å²) in [7, 11) is 0. The highest BCUT2D eigenvalue weighted by Crippen LogP contribution is 2.63. The molecule has 4 nitrogen and oxygen atoms in total. The Kier molecular flexibility index (Phi) is 2.61. The van der Waals surface area contributed by atoms with Crippen molar-refractivity contribution in [3.8, 4) is 0 Å². The number of ether oxygens (including phenoxy) is 1. The largest absolute Gasteiger partial charge is 0.392 e. The maximum atomic E-state index is 10.3. The zero-order chi connectivity index (χ0) is 14.0. The Balaban J connectivity index is 2.09. The van der Waals surface area contributed by atoms with Crippen LogP contribution >= 0.6 is 0 Å². The second kappa shape index (κ2) is 3.79. The Morgan fingerprint density at radius 3 is 2.79 bits per heavy atom. The summed E-state index contributed by atoms with van der Waals surface area (Å²) in [6.07, 6.45) is 3.81. The first-order valence-corrected chi connectivity index (χ1v) is 6.62. The Morgan fingerprint density at radius 2 is 2.16 bits per heavy atom. The van der Waals surface area contributed by atoms with Crippen LogP contribution in [-0.2, 0) is 4.74 Å². The number of fused-ring (bicyclic) bond motifs is 3. The summed E-state index contributed by atoms with van der Waals surface area (Å²) < 4.78 is 5.82. The molecular formula is C15H20O4. The Bertz CT molecular complexity index is 494. The molecule has 0 aromatic heterocycles. The summed E-state index contributed by atoms with van der Waals surface area (Å²) in [5, 5.41) is 29.7. The summed E-state index contributed by atoms with van der Waals surface area (Å²) in [5.74, 6) is -0.0189. The van der Waals surface area contributed by atoms with Crippen LogP contribution in [0.1, 0.15) is 13.8 Å². The van der Waals surface area contributed by atoms with Crippen LogP contribution in [0.2, 0.25) is 0 Å². The van der Waals surface area contributed by atoms with Crippen LogP contribution in [0, 0.1) is 11.3 Å². The second-order valence-corrected chi connectivity index (χ2v) is 6.04. The molecule has 0 radical (unpaired) electrons. The number of epoxide rings is 1. The molecule has 4 heteroatoms. The van der Waals surface area contributed by atoms with E-state index in [2.05, 4.69) is 6.58 Å². The third kappa shape index (κ3) is 1.37. The molecule has 1 saturated heterocycles. The van der Waals surface area contributed by atoms with E-state index >= 15 is 0 Å². The Hall–Kier alpha value is -0.940. The fourth-order valence-electron chi connectivity index (χ4n) is 3.64. The van der Waals surface area contributed by atoms with E-state index < -0.39 is 17.8 Å². The number of hydrogen-bond acceptors (Lipinski definition) is 4. The van der Waals surface area contributed by atoms with Crippen LogP contribution in [0.3, 0.4) is 0 Å². The highest BCUT2D eigenvalue weighted by Gasteiger charge is 2.73. The van der Waals surface area contributed by atoms with Gasteiger partial charge in [-0.25, -0.2) is 0 Å². The highest BCUT2D eigenvalue weighted by molar-refractivity contribution is 5.48. The van der Waals surface area contributed by atoms with Crippen molar-refractivity contribution in [3.63, 3.8) is 0 Å². The predicted molar refractivity (Wildman–Crippen MR) is 70.3 cm³/mol. The minimum atomic E-state index is -0.883. The van der Waals surface area contributed by atoms with Gasteiger partial charge in [0.1, 0.15) is 17.8 Å². The molecule has 0 spiro atoms.